The molecular weight excluding hydrogens is 210 g/mol. The van der Waals surface area contributed by atoms with Crippen LogP contribution in [-0.2, 0) is 0 Å². The molecule has 0 aliphatic carbocycles. The van der Waals surface area contributed by atoms with E-state index in [0.29, 0.717) is 17.5 Å². The highest BCUT2D eigenvalue weighted by Crippen LogP contribution is 2.27. The maximum atomic E-state index is 12.0. The van der Waals surface area contributed by atoms with Crippen LogP contribution in [0.4, 0.5) is 0 Å². The smallest absolute Gasteiger partial charge is 0.273 e. The van der Waals surface area contributed by atoms with Gasteiger partial charge in [-0.1, -0.05) is 0 Å². The van der Waals surface area contributed by atoms with Crippen molar-refractivity contribution in [3.63, 3.8) is 0 Å². The summed E-state index contributed by atoms with van der Waals surface area (Å²) in [6.07, 6.45) is 0. The topological polar surface area (TPSA) is 45.2 Å². The second-order valence-corrected chi connectivity index (χ2v) is 4.98. The zero-order chi connectivity index (χ0) is 10.3. The lowest BCUT2D eigenvalue weighted by atomic mass is 10.0. The van der Waals surface area contributed by atoms with E-state index in [0.717, 1.165) is 26.2 Å². The van der Waals surface area contributed by atoms with E-state index in [9.17, 15) is 4.79 Å². The molecule has 0 aromatic carbocycles. The average Bonchev–Trinajstić information content (AvgIpc) is 2.92. The summed E-state index contributed by atoms with van der Waals surface area (Å²) in [6.45, 7) is 3.92. The number of amides is 1. The fourth-order valence-electron chi connectivity index (χ4n) is 2.50. The van der Waals surface area contributed by atoms with Crippen LogP contribution in [-0.4, -0.2) is 42.0 Å². The molecule has 4 nitrogen and oxygen atoms in total. The highest BCUT2D eigenvalue weighted by molar-refractivity contribution is 7.07. The van der Waals surface area contributed by atoms with E-state index in [1.165, 1.54) is 11.3 Å². The van der Waals surface area contributed by atoms with Gasteiger partial charge in [0, 0.05) is 31.6 Å². The maximum absolute atomic E-state index is 12.0. The van der Waals surface area contributed by atoms with Gasteiger partial charge in [0.15, 0.2) is 0 Å². The number of nitrogens with one attached hydrogen (secondary N) is 1. The van der Waals surface area contributed by atoms with Crippen LogP contribution in [0.25, 0.3) is 0 Å². The molecule has 1 aromatic rings. The lowest BCUT2D eigenvalue weighted by Gasteiger charge is -2.15. The van der Waals surface area contributed by atoms with Gasteiger partial charge in [0.1, 0.15) is 5.69 Å². The second-order valence-electron chi connectivity index (χ2n) is 4.26. The Labute approximate surface area is 92.3 Å². The zero-order valence-electron chi connectivity index (χ0n) is 8.35. The van der Waals surface area contributed by atoms with E-state index >= 15 is 0 Å². The summed E-state index contributed by atoms with van der Waals surface area (Å²) >= 11 is 1.48. The molecule has 0 bridgehead atoms. The molecule has 1 aromatic heterocycles. The first kappa shape index (κ1) is 9.30. The molecule has 2 atom stereocenters. The molecule has 3 heterocycles. The minimum atomic E-state index is 0.102. The van der Waals surface area contributed by atoms with Gasteiger partial charge in [-0.15, -0.1) is 11.3 Å². The van der Waals surface area contributed by atoms with Gasteiger partial charge in [0.25, 0.3) is 5.91 Å². The Hall–Kier alpha value is -0.940. The Balaban J connectivity index is 1.72. The van der Waals surface area contributed by atoms with Crippen LogP contribution >= 0.6 is 11.3 Å². The van der Waals surface area contributed by atoms with Gasteiger partial charge in [-0.25, -0.2) is 4.98 Å². The molecule has 1 N–H and O–H groups in total. The van der Waals surface area contributed by atoms with Crippen molar-refractivity contribution in [3.05, 3.63) is 16.6 Å². The van der Waals surface area contributed by atoms with E-state index in [1.54, 1.807) is 5.51 Å². The van der Waals surface area contributed by atoms with E-state index in [2.05, 4.69) is 10.3 Å². The third kappa shape index (κ3) is 1.55. The summed E-state index contributed by atoms with van der Waals surface area (Å²) in [5.74, 6) is 1.42. The molecule has 0 unspecified atom stereocenters. The van der Waals surface area contributed by atoms with Crippen molar-refractivity contribution in [3.8, 4) is 0 Å². The fourth-order valence-corrected chi connectivity index (χ4v) is 3.03. The van der Waals surface area contributed by atoms with Crippen LogP contribution in [0.2, 0.25) is 0 Å². The third-order valence-electron chi connectivity index (χ3n) is 3.33. The minimum Gasteiger partial charge on any atom is -0.337 e. The number of hydrogen-bond acceptors (Lipinski definition) is 4. The summed E-state index contributed by atoms with van der Waals surface area (Å²) in [7, 11) is 0. The zero-order valence-corrected chi connectivity index (χ0v) is 9.17. The minimum absolute atomic E-state index is 0.102. The van der Waals surface area contributed by atoms with Crippen molar-refractivity contribution in [1.82, 2.24) is 15.2 Å². The standard InChI is InChI=1S/C10H13N3OS/c14-10(9-5-15-6-12-9)13-3-7-1-11-2-8(7)4-13/h5-8,11H,1-4H2/t7-,8+. The predicted octanol–water partition coefficient (Wildman–Crippen LogP) is 0.434. The number of carbonyl (C=O) groups is 1. The van der Waals surface area contributed by atoms with Crippen LogP contribution in [0.15, 0.2) is 10.9 Å². The molecule has 2 saturated heterocycles. The van der Waals surface area contributed by atoms with Gasteiger partial charge in [-0.3, -0.25) is 4.79 Å². The van der Waals surface area contributed by atoms with Gasteiger partial charge in [0.2, 0.25) is 0 Å². The molecular formula is C10H13N3OS. The lowest BCUT2D eigenvalue weighted by Crippen LogP contribution is -2.32. The molecule has 2 aliphatic rings. The van der Waals surface area contributed by atoms with Gasteiger partial charge < -0.3 is 10.2 Å². The number of hydrogen-bond donors (Lipinski definition) is 1. The maximum Gasteiger partial charge on any atom is 0.273 e. The molecule has 0 spiro atoms. The molecule has 80 valence electrons. The largest absolute Gasteiger partial charge is 0.337 e. The number of aromatic nitrogens is 1. The molecule has 0 saturated carbocycles. The van der Waals surface area contributed by atoms with E-state index in [4.69, 9.17) is 0 Å². The molecule has 2 fully saturated rings. The Bertz CT molecular complexity index is 353. The highest BCUT2D eigenvalue weighted by Gasteiger charge is 2.38. The van der Waals surface area contributed by atoms with Gasteiger partial charge in [-0.2, -0.15) is 0 Å². The summed E-state index contributed by atoms with van der Waals surface area (Å²) in [4.78, 5) is 18.0. The number of thiazole rings is 1. The summed E-state index contributed by atoms with van der Waals surface area (Å²) in [5, 5.41) is 5.20. The number of rotatable bonds is 1. The molecule has 15 heavy (non-hydrogen) atoms. The normalized spacial score (nSPS) is 29.5. The van der Waals surface area contributed by atoms with Crippen molar-refractivity contribution in [2.45, 2.75) is 0 Å². The predicted molar refractivity (Wildman–Crippen MR) is 57.9 cm³/mol. The van der Waals surface area contributed by atoms with Crippen molar-refractivity contribution >= 4 is 17.2 Å². The number of nitrogens with zero attached hydrogens (tertiary/aromatic N) is 2. The summed E-state index contributed by atoms with van der Waals surface area (Å²) in [5.41, 5.74) is 2.32. The van der Waals surface area contributed by atoms with Crippen molar-refractivity contribution in [1.29, 1.82) is 0 Å². The average molecular weight is 223 g/mol. The van der Waals surface area contributed by atoms with Crippen molar-refractivity contribution in [2.24, 2.45) is 11.8 Å². The first-order valence-corrected chi connectivity index (χ1v) is 6.17. The summed E-state index contributed by atoms with van der Waals surface area (Å²) in [6, 6.07) is 0. The molecule has 3 rings (SSSR count). The quantitative estimate of drug-likeness (QED) is 0.751. The Morgan fingerprint density at radius 2 is 2.20 bits per heavy atom. The van der Waals surface area contributed by atoms with Gasteiger partial charge in [-0.05, 0) is 11.8 Å². The summed E-state index contributed by atoms with van der Waals surface area (Å²) < 4.78 is 0. The van der Waals surface area contributed by atoms with Crippen molar-refractivity contribution in [2.75, 3.05) is 26.2 Å². The first-order valence-electron chi connectivity index (χ1n) is 5.23. The van der Waals surface area contributed by atoms with Crippen LogP contribution in [0.1, 0.15) is 10.5 Å². The van der Waals surface area contributed by atoms with E-state index in [1.807, 2.05) is 10.3 Å². The first-order chi connectivity index (χ1) is 7.34. The number of likely N-dealkylation sites (tertiary alicyclic amines) is 1. The van der Waals surface area contributed by atoms with E-state index < -0.39 is 0 Å². The van der Waals surface area contributed by atoms with Crippen LogP contribution in [0, 0.1) is 11.8 Å². The van der Waals surface area contributed by atoms with Crippen LogP contribution in [0.5, 0.6) is 0 Å². The fraction of sp³-hybridized carbons (Fsp3) is 0.600. The van der Waals surface area contributed by atoms with Crippen molar-refractivity contribution < 1.29 is 4.79 Å². The Morgan fingerprint density at radius 1 is 1.47 bits per heavy atom. The number of fused-ring (bicyclic) bond motifs is 1. The lowest BCUT2D eigenvalue weighted by molar-refractivity contribution is 0.0776. The van der Waals surface area contributed by atoms with Gasteiger partial charge >= 0.3 is 0 Å². The monoisotopic (exact) mass is 223 g/mol. The number of carbonyl (C=O) groups excluding carboxylic acids is 1. The second kappa shape index (κ2) is 3.57. The highest BCUT2D eigenvalue weighted by atomic mass is 32.1. The molecule has 5 heteroatoms. The van der Waals surface area contributed by atoms with Crippen LogP contribution in [0.3, 0.4) is 0 Å². The Morgan fingerprint density at radius 3 is 2.80 bits per heavy atom. The van der Waals surface area contributed by atoms with E-state index in [-0.39, 0.29) is 5.91 Å². The van der Waals surface area contributed by atoms with Crippen LogP contribution < -0.4 is 5.32 Å². The molecule has 0 radical (unpaired) electrons. The Kier molecular flexibility index (Phi) is 2.21. The SMILES string of the molecule is O=C(c1cscn1)N1C[C@H]2CNC[C@H]2C1. The molecule has 2 aliphatic heterocycles. The molecule has 1 amide bonds. The third-order valence-corrected chi connectivity index (χ3v) is 3.91. The van der Waals surface area contributed by atoms with Gasteiger partial charge in [0.05, 0.1) is 5.51 Å².